The van der Waals surface area contributed by atoms with Crippen LogP contribution in [0.25, 0.3) is 0 Å². The highest BCUT2D eigenvalue weighted by molar-refractivity contribution is 6.31. The van der Waals surface area contributed by atoms with Gasteiger partial charge in [-0.2, -0.15) is 0 Å². The van der Waals surface area contributed by atoms with Crippen LogP contribution in [-0.2, 0) is 0 Å². The lowest BCUT2D eigenvalue weighted by Crippen LogP contribution is -2.56. The molecular weight excluding hydrogens is 311 g/mol. The molecule has 0 bridgehead atoms. The van der Waals surface area contributed by atoms with Crippen molar-refractivity contribution in [2.24, 2.45) is 0 Å². The zero-order valence-corrected chi connectivity index (χ0v) is 12.5. The molecule has 6 heteroatoms. The van der Waals surface area contributed by atoms with Crippen molar-refractivity contribution in [3.63, 3.8) is 0 Å². The number of ether oxygens (including phenoxy) is 1. The van der Waals surface area contributed by atoms with Gasteiger partial charge in [0.15, 0.2) is 0 Å². The van der Waals surface area contributed by atoms with Gasteiger partial charge in [-0.25, -0.2) is 4.98 Å². The molecule has 0 aliphatic carbocycles. The third kappa shape index (κ3) is 3.28. The van der Waals surface area contributed by atoms with E-state index in [-0.39, 0.29) is 12.0 Å². The van der Waals surface area contributed by atoms with Gasteiger partial charge in [-0.05, 0) is 24.3 Å². The first-order chi connectivity index (χ1) is 10.1. The second kappa shape index (κ2) is 5.92. The molecule has 0 radical (unpaired) electrons. The first-order valence-corrected chi connectivity index (χ1v) is 7.20. The van der Waals surface area contributed by atoms with Crippen molar-refractivity contribution in [3.05, 3.63) is 58.2 Å². The Morgan fingerprint density at radius 1 is 1.19 bits per heavy atom. The van der Waals surface area contributed by atoms with Gasteiger partial charge in [0, 0.05) is 22.8 Å². The molecule has 1 aliphatic heterocycles. The number of carbonyl (C=O) groups excluding carboxylic acids is 1. The molecule has 0 N–H and O–H groups in total. The summed E-state index contributed by atoms with van der Waals surface area (Å²) in [7, 11) is 0. The number of rotatable bonds is 3. The zero-order chi connectivity index (χ0) is 14.8. The Kier molecular flexibility index (Phi) is 3.99. The van der Waals surface area contributed by atoms with Crippen LogP contribution in [0.3, 0.4) is 0 Å². The number of hydrogen-bond donors (Lipinski definition) is 0. The number of hydrogen-bond acceptors (Lipinski definition) is 3. The second-order valence-electron chi connectivity index (χ2n) is 4.77. The van der Waals surface area contributed by atoms with E-state index in [0.717, 1.165) is 0 Å². The highest BCUT2D eigenvalue weighted by Crippen LogP contribution is 2.20. The summed E-state index contributed by atoms with van der Waals surface area (Å²) in [5.41, 5.74) is 0.588. The van der Waals surface area contributed by atoms with Gasteiger partial charge in [-0.1, -0.05) is 29.3 Å². The Labute approximate surface area is 132 Å². The van der Waals surface area contributed by atoms with E-state index >= 15 is 0 Å². The minimum atomic E-state index is -0.0404. The summed E-state index contributed by atoms with van der Waals surface area (Å²) in [4.78, 5) is 18.0. The van der Waals surface area contributed by atoms with Crippen LogP contribution in [-0.4, -0.2) is 35.0 Å². The maximum absolute atomic E-state index is 12.2. The van der Waals surface area contributed by atoms with E-state index in [1.807, 2.05) is 0 Å². The van der Waals surface area contributed by atoms with E-state index in [1.165, 1.54) is 6.20 Å². The average molecular weight is 323 g/mol. The molecule has 0 unspecified atom stereocenters. The van der Waals surface area contributed by atoms with Crippen LogP contribution >= 0.6 is 23.2 Å². The Balaban J connectivity index is 1.56. The molecule has 1 saturated heterocycles. The van der Waals surface area contributed by atoms with Crippen LogP contribution in [0.4, 0.5) is 0 Å². The Morgan fingerprint density at radius 2 is 2.00 bits per heavy atom. The van der Waals surface area contributed by atoms with Crippen LogP contribution in [0.1, 0.15) is 10.4 Å². The Morgan fingerprint density at radius 3 is 2.67 bits per heavy atom. The van der Waals surface area contributed by atoms with Crippen LogP contribution in [0, 0.1) is 0 Å². The molecule has 108 valence electrons. The minimum Gasteiger partial charge on any atom is -0.471 e. The molecule has 4 nitrogen and oxygen atoms in total. The van der Waals surface area contributed by atoms with E-state index in [9.17, 15) is 4.79 Å². The van der Waals surface area contributed by atoms with Crippen LogP contribution in [0.15, 0.2) is 42.6 Å². The highest BCUT2D eigenvalue weighted by Gasteiger charge is 2.33. The number of nitrogens with zero attached hydrogens (tertiary/aromatic N) is 2. The van der Waals surface area contributed by atoms with Crippen molar-refractivity contribution in [2.45, 2.75) is 6.10 Å². The van der Waals surface area contributed by atoms with Crippen LogP contribution in [0.2, 0.25) is 10.0 Å². The summed E-state index contributed by atoms with van der Waals surface area (Å²) < 4.78 is 5.66. The molecule has 3 rings (SSSR count). The fourth-order valence-electron chi connectivity index (χ4n) is 2.09. The van der Waals surface area contributed by atoms with Gasteiger partial charge in [0.05, 0.1) is 18.1 Å². The van der Waals surface area contributed by atoms with Gasteiger partial charge in [0.1, 0.15) is 6.10 Å². The lowest BCUT2D eigenvalue weighted by Gasteiger charge is -2.38. The monoisotopic (exact) mass is 322 g/mol. The molecule has 1 amide bonds. The van der Waals surface area contributed by atoms with Crippen molar-refractivity contribution < 1.29 is 9.53 Å². The predicted octanol–water partition coefficient (Wildman–Crippen LogP) is 3.29. The largest absolute Gasteiger partial charge is 0.471 e. The molecule has 2 aromatic rings. The van der Waals surface area contributed by atoms with E-state index in [1.54, 1.807) is 41.3 Å². The van der Waals surface area contributed by atoms with E-state index < -0.39 is 0 Å². The summed E-state index contributed by atoms with van der Waals surface area (Å²) >= 11 is 11.6. The van der Waals surface area contributed by atoms with Gasteiger partial charge < -0.3 is 9.64 Å². The number of likely N-dealkylation sites (tertiary alicyclic amines) is 1. The average Bonchev–Trinajstić information content (AvgIpc) is 2.44. The summed E-state index contributed by atoms with van der Waals surface area (Å²) in [5, 5.41) is 1.12. The topological polar surface area (TPSA) is 42.4 Å². The quantitative estimate of drug-likeness (QED) is 0.870. The van der Waals surface area contributed by atoms with Gasteiger partial charge in [-0.3, -0.25) is 4.79 Å². The van der Waals surface area contributed by atoms with Crippen molar-refractivity contribution in [2.75, 3.05) is 13.1 Å². The van der Waals surface area contributed by atoms with Crippen molar-refractivity contribution in [1.82, 2.24) is 9.88 Å². The first kappa shape index (κ1) is 14.2. The van der Waals surface area contributed by atoms with E-state index in [0.29, 0.717) is 34.6 Å². The molecule has 1 aliphatic rings. The number of carbonyl (C=O) groups is 1. The van der Waals surface area contributed by atoms with Gasteiger partial charge in [0.2, 0.25) is 5.88 Å². The molecule has 1 aromatic carbocycles. The van der Waals surface area contributed by atoms with Gasteiger partial charge in [-0.15, -0.1) is 0 Å². The summed E-state index contributed by atoms with van der Waals surface area (Å²) in [6, 6.07) is 10.4. The molecule has 2 heterocycles. The fraction of sp³-hybridized carbons (Fsp3) is 0.200. The fourth-order valence-corrected chi connectivity index (χ4v) is 2.39. The third-order valence-electron chi connectivity index (χ3n) is 3.19. The number of halogens is 2. The number of pyridine rings is 1. The highest BCUT2D eigenvalue weighted by atomic mass is 35.5. The van der Waals surface area contributed by atoms with Crippen LogP contribution in [0.5, 0.6) is 5.88 Å². The molecule has 21 heavy (non-hydrogen) atoms. The van der Waals surface area contributed by atoms with E-state index in [4.69, 9.17) is 27.9 Å². The SMILES string of the molecule is O=C(c1cccc(Cl)c1)N1CC(Oc2ccc(Cl)cn2)C1. The van der Waals surface area contributed by atoms with Gasteiger partial charge in [0.25, 0.3) is 5.91 Å². The second-order valence-corrected chi connectivity index (χ2v) is 5.65. The minimum absolute atomic E-state index is 0.0400. The smallest absolute Gasteiger partial charge is 0.254 e. The number of benzene rings is 1. The van der Waals surface area contributed by atoms with E-state index in [2.05, 4.69) is 4.98 Å². The first-order valence-electron chi connectivity index (χ1n) is 6.45. The van der Waals surface area contributed by atoms with Gasteiger partial charge >= 0.3 is 0 Å². The van der Waals surface area contributed by atoms with Crippen molar-refractivity contribution in [3.8, 4) is 5.88 Å². The van der Waals surface area contributed by atoms with Crippen molar-refractivity contribution >= 4 is 29.1 Å². The Bertz CT molecular complexity index is 655. The Hall–Kier alpha value is -1.78. The normalized spacial score (nSPS) is 14.7. The summed E-state index contributed by atoms with van der Waals surface area (Å²) in [6.07, 6.45) is 1.49. The zero-order valence-electron chi connectivity index (χ0n) is 11.0. The third-order valence-corrected chi connectivity index (χ3v) is 3.65. The maximum atomic E-state index is 12.2. The standard InChI is InChI=1S/C15H12Cl2N2O2/c16-11-3-1-2-10(6-11)15(20)19-8-13(9-19)21-14-5-4-12(17)7-18-14/h1-7,13H,8-9H2. The molecule has 1 fully saturated rings. The molecule has 0 saturated carbocycles. The lowest BCUT2D eigenvalue weighted by atomic mass is 10.1. The maximum Gasteiger partial charge on any atom is 0.254 e. The predicted molar refractivity (Wildman–Crippen MR) is 81.0 cm³/mol. The summed E-state index contributed by atoms with van der Waals surface area (Å²) in [6.45, 7) is 1.07. The molecule has 0 atom stereocenters. The van der Waals surface area contributed by atoms with Crippen LogP contribution < -0.4 is 4.74 Å². The molecule has 1 aromatic heterocycles. The summed E-state index contributed by atoms with van der Waals surface area (Å²) in [5.74, 6) is 0.473. The number of amides is 1. The molecular formula is C15H12Cl2N2O2. The number of aromatic nitrogens is 1. The van der Waals surface area contributed by atoms with Crippen molar-refractivity contribution in [1.29, 1.82) is 0 Å². The lowest BCUT2D eigenvalue weighted by molar-refractivity contribution is 0.0160. The molecule has 0 spiro atoms.